The van der Waals surface area contributed by atoms with Crippen LogP contribution in [-0.4, -0.2) is 21.9 Å². The fourth-order valence-electron chi connectivity index (χ4n) is 3.45. The molecule has 3 N–H and O–H groups in total. The molecule has 0 aliphatic carbocycles. The van der Waals surface area contributed by atoms with Crippen LogP contribution in [0.2, 0.25) is 0 Å². The van der Waals surface area contributed by atoms with Crippen molar-refractivity contribution in [2.24, 2.45) is 0 Å². The van der Waals surface area contributed by atoms with E-state index in [2.05, 4.69) is 20.6 Å². The van der Waals surface area contributed by atoms with Gasteiger partial charge in [-0.25, -0.2) is 0 Å². The third-order valence-corrected chi connectivity index (χ3v) is 5.17. The number of carbonyl (C=O) groups excluding carboxylic acids is 1. The zero-order valence-corrected chi connectivity index (χ0v) is 17.5. The lowest BCUT2D eigenvalue weighted by Gasteiger charge is -2.19. The molecule has 0 spiro atoms. The first-order valence-corrected chi connectivity index (χ1v) is 10.4. The van der Waals surface area contributed by atoms with Gasteiger partial charge in [0.05, 0.1) is 6.04 Å². The first-order chi connectivity index (χ1) is 15.7. The molecule has 0 unspecified atom stereocenters. The van der Waals surface area contributed by atoms with Crippen molar-refractivity contribution in [1.29, 1.82) is 0 Å². The van der Waals surface area contributed by atoms with Gasteiger partial charge in [0.25, 0.3) is 5.56 Å². The molecule has 32 heavy (non-hydrogen) atoms. The standard InChI is InChI=1S/C26H24N4O2/c31-25-24(16-22(18-29-25)21-11-13-27-14-12-21)30-26(32)23(15-19-7-3-1-4-8-19)28-17-20-9-5-2-6-10-20/h1-14,16,18,23,28H,15,17H2,(H,29,31)(H,30,32)/t23-/m0/s1. The second kappa shape index (κ2) is 10.3. The first kappa shape index (κ1) is 21.2. The fourth-order valence-corrected chi connectivity index (χ4v) is 3.45. The van der Waals surface area contributed by atoms with E-state index in [1.54, 1.807) is 24.7 Å². The summed E-state index contributed by atoms with van der Waals surface area (Å²) in [5.74, 6) is -0.262. The Bertz CT molecular complexity index is 1210. The van der Waals surface area contributed by atoms with Crippen LogP contribution in [0.5, 0.6) is 0 Å². The van der Waals surface area contributed by atoms with E-state index in [1.165, 1.54) is 0 Å². The van der Waals surface area contributed by atoms with Crippen molar-refractivity contribution in [2.45, 2.75) is 19.0 Å². The molecule has 4 rings (SSSR count). The summed E-state index contributed by atoms with van der Waals surface area (Å²) in [6, 6.07) is 24.6. The van der Waals surface area contributed by atoms with Crippen molar-refractivity contribution in [3.8, 4) is 11.1 Å². The normalized spacial score (nSPS) is 11.6. The third-order valence-electron chi connectivity index (χ3n) is 5.17. The van der Waals surface area contributed by atoms with Crippen molar-refractivity contribution >= 4 is 11.6 Å². The zero-order valence-electron chi connectivity index (χ0n) is 17.5. The van der Waals surface area contributed by atoms with Gasteiger partial charge in [-0.2, -0.15) is 0 Å². The fraction of sp³-hybridized carbons (Fsp3) is 0.115. The topological polar surface area (TPSA) is 86.9 Å². The molecule has 0 bridgehead atoms. The average Bonchev–Trinajstić information content (AvgIpc) is 2.85. The van der Waals surface area contributed by atoms with E-state index in [4.69, 9.17) is 0 Å². The predicted molar refractivity (Wildman–Crippen MR) is 126 cm³/mol. The molecular weight excluding hydrogens is 400 g/mol. The number of rotatable bonds is 8. The van der Waals surface area contributed by atoms with E-state index < -0.39 is 6.04 Å². The number of hydrogen-bond donors (Lipinski definition) is 3. The summed E-state index contributed by atoms with van der Waals surface area (Å²) in [4.78, 5) is 32.3. The predicted octanol–water partition coefficient (Wildman–Crippen LogP) is 3.78. The van der Waals surface area contributed by atoms with Gasteiger partial charge in [-0.15, -0.1) is 0 Å². The second-order valence-corrected chi connectivity index (χ2v) is 7.47. The van der Waals surface area contributed by atoms with Crippen LogP contribution in [0.15, 0.2) is 102 Å². The molecule has 4 aromatic rings. The molecule has 2 heterocycles. The number of amides is 1. The maximum Gasteiger partial charge on any atom is 0.271 e. The minimum Gasteiger partial charge on any atom is -0.327 e. The van der Waals surface area contributed by atoms with Crippen LogP contribution in [-0.2, 0) is 17.8 Å². The minimum atomic E-state index is -0.512. The van der Waals surface area contributed by atoms with E-state index >= 15 is 0 Å². The van der Waals surface area contributed by atoms with Gasteiger partial charge in [-0.3, -0.25) is 14.6 Å². The molecule has 0 aliphatic heterocycles. The molecule has 0 aliphatic rings. The molecular formula is C26H24N4O2. The average molecular weight is 425 g/mol. The Labute approximate surface area is 186 Å². The van der Waals surface area contributed by atoms with E-state index in [0.29, 0.717) is 13.0 Å². The van der Waals surface area contributed by atoms with Crippen LogP contribution in [0.4, 0.5) is 5.69 Å². The van der Waals surface area contributed by atoms with Gasteiger partial charge in [0, 0.05) is 30.7 Å². The van der Waals surface area contributed by atoms with Crippen LogP contribution < -0.4 is 16.2 Å². The van der Waals surface area contributed by atoms with Crippen LogP contribution in [0.3, 0.4) is 0 Å². The Balaban J connectivity index is 1.54. The summed E-state index contributed by atoms with van der Waals surface area (Å²) in [5.41, 5.74) is 3.67. The maximum absolute atomic E-state index is 13.2. The lowest BCUT2D eigenvalue weighted by atomic mass is 10.0. The Morgan fingerprint density at radius 3 is 2.22 bits per heavy atom. The number of carbonyl (C=O) groups is 1. The van der Waals surface area contributed by atoms with Crippen molar-refractivity contribution < 1.29 is 4.79 Å². The Morgan fingerprint density at radius 1 is 0.875 bits per heavy atom. The number of nitrogens with zero attached hydrogens (tertiary/aromatic N) is 1. The minimum absolute atomic E-state index is 0.212. The molecule has 0 saturated heterocycles. The second-order valence-electron chi connectivity index (χ2n) is 7.47. The summed E-state index contributed by atoms with van der Waals surface area (Å²) in [7, 11) is 0. The highest BCUT2D eigenvalue weighted by atomic mass is 16.2. The van der Waals surface area contributed by atoms with Crippen molar-refractivity contribution in [3.63, 3.8) is 0 Å². The van der Waals surface area contributed by atoms with Gasteiger partial charge in [0.15, 0.2) is 0 Å². The summed E-state index contributed by atoms with van der Waals surface area (Å²) in [6.07, 6.45) is 5.49. The Kier molecular flexibility index (Phi) is 6.84. The molecule has 2 aromatic carbocycles. The van der Waals surface area contributed by atoms with Gasteiger partial charge in [-0.05, 0) is 41.3 Å². The number of aromatic amines is 1. The molecule has 0 radical (unpaired) electrons. The number of aromatic nitrogens is 2. The molecule has 1 atom stereocenters. The van der Waals surface area contributed by atoms with E-state index in [9.17, 15) is 9.59 Å². The molecule has 0 fully saturated rings. The van der Waals surface area contributed by atoms with Crippen molar-refractivity contribution in [3.05, 3.63) is 119 Å². The highest BCUT2D eigenvalue weighted by molar-refractivity contribution is 5.95. The lowest BCUT2D eigenvalue weighted by molar-refractivity contribution is -0.118. The van der Waals surface area contributed by atoms with E-state index in [1.807, 2.05) is 72.8 Å². The zero-order chi connectivity index (χ0) is 22.2. The third kappa shape index (κ3) is 5.56. The van der Waals surface area contributed by atoms with Gasteiger partial charge in [-0.1, -0.05) is 60.7 Å². The molecule has 0 saturated carbocycles. The van der Waals surface area contributed by atoms with Crippen LogP contribution in [0.1, 0.15) is 11.1 Å². The highest BCUT2D eigenvalue weighted by Crippen LogP contribution is 2.19. The summed E-state index contributed by atoms with van der Waals surface area (Å²) in [6.45, 7) is 0.541. The van der Waals surface area contributed by atoms with Crippen LogP contribution >= 0.6 is 0 Å². The Hall–Kier alpha value is -4.03. The highest BCUT2D eigenvalue weighted by Gasteiger charge is 2.20. The van der Waals surface area contributed by atoms with Crippen LogP contribution in [0, 0.1) is 0 Å². The number of pyridine rings is 2. The summed E-state index contributed by atoms with van der Waals surface area (Å²) < 4.78 is 0. The number of hydrogen-bond acceptors (Lipinski definition) is 4. The SMILES string of the molecule is O=C(Nc1cc(-c2ccncc2)c[nH]c1=O)[C@H](Cc1ccccc1)NCc1ccccc1. The maximum atomic E-state index is 13.2. The van der Waals surface area contributed by atoms with Crippen molar-refractivity contribution in [2.75, 3.05) is 5.32 Å². The lowest BCUT2D eigenvalue weighted by Crippen LogP contribution is -2.42. The van der Waals surface area contributed by atoms with Crippen molar-refractivity contribution in [1.82, 2.24) is 15.3 Å². The number of anilines is 1. The number of H-pyrrole nitrogens is 1. The van der Waals surface area contributed by atoms with Gasteiger partial charge >= 0.3 is 0 Å². The molecule has 6 nitrogen and oxygen atoms in total. The molecule has 6 heteroatoms. The number of nitrogens with one attached hydrogen (secondary N) is 3. The Morgan fingerprint density at radius 2 is 1.53 bits per heavy atom. The van der Waals surface area contributed by atoms with Crippen LogP contribution in [0.25, 0.3) is 11.1 Å². The molecule has 1 amide bonds. The van der Waals surface area contributed by atoms with Gasteiger partial charge < -0.3 is 15.6 Å². The summed E-state index contributed by atoms with van der Waals surface area (Å²) >= 11 is 0. The summed E-state index contributed by atoms with van der Waals surface area (Å²) in [5, 5.41) is 6.15. The first-order valence-electron chi connectivity index (χ1n) is 10.4. The smallest absolute Gasteiger partial charge is 0.271 e. The number of benzene rings is 2. The van der Waals surface area contributed by atoms with Gasteiger partial charge in [0.2, 0.25) is 5.91 Å². The molecule has 2 aromatic heterocycles. The molecule has 160 valence electrons. The van der Waals surface area contributed by atoms with E-state index in [0.717, 1.165) is 22.3 Å². The largest absolute Gasteiger partial charge is 0.327 e. The quantitative estimate of drug-likeness (QED) is 0.402. The monoisotopic (exact) mass is 424 g/mol. The van der Waals surface area contributed by atoms with E-state index in [-0.39, 0.29) is 17.2 Å². The van der Waals surface area contributed by atoms with Gasteiger partial charge in [0.1, 0.15) is 5.69 Å².